The second kappa shape index (κ2) is 3.51. The monoisotopic (exact) mass is 198 g/mol. The minimum Gasteiger partial charge on any atom is -0.480 e. The second-order valence-corrected chi connectivity index (χ2v) is 4.45. The van der Waals surface area contributed by atoms with Crippen molar-refractivity contribution in [2.45, 2.75) is 25.3 Å². The second-order valence-electron chi connectivity index (χ2n) is 4.45. The summed E-state index contributed by atoms with van der Waals surface area (Å²) >= 11 is 0. The summed E-state index contributed by atoms with van der Waals surface area (Å²) in [5.41, 5.74) is 0.217. The van der Waals surface area contributed by atoms with Gasteiger partial charge in [0.1, 0.15) is 0 Å². The van der Waals surface area contributed by atoms with E-state index >= 15 is 0 Å². The number of hydrogen-bond donors (Lipinski definition) is 1. The van der Waals surface area contributed by atoms with Crippen LogP contribution in [0.15, 0.2) is 0 Å². The summed E-state index contributed by atoms with van der Waals surface area (Å²) in [6.45, 7) is 6.56. The molecule has 2 saturated heterocycles. The molecule has 0 bridgehead atoms. The number of carbonyl (C=O) groups is 1. The van der Waals surface area contributed by atoms with Crippen LogP contribution in [0.5, 0.6) is 0 Å². The molecular formula is C10H18N2O2. The molecule has 4 heteroatoms. The van der Waals surface area contributed by atoms with Crippen LogP contribution in [0.1, 0.15) is 19.8 Å². The molecule has 2 fully saturated rings. The lowest BCUT2D eigenvalue weighted by Gasteiger charge is -2.52. The van der Waals surface area contributed by atoms with Crippen molar-refractivity contribution in [3.8, 4) is 0 Å². The van der Waals surface area contributed by atoms with Gasteiger partial charge in [0.25, 0.3) is 0 Å². The highest BCUT2D eigenvalue weighted by Gasteiger charge is 2.49. The van der Waals surface area contributed by atoms with Crippen LogP contribution in [0.2, 0.25) is 0 Å². The maximum absolute atomic E-state index is 10.7. The van der Waals surface area contributed by atoms with Crippen molar-refractivity contribution in [3.63, 3.8) is 0 Å². The molecule has 0 aromatic carbocycles. The van der Waals surface area contributed by atoms with E-state index in [1.807, 2.05) is 0 Å². The van der Waals surface area contributed by atoms with Crippen molar-refractivity contribution >= 4 is 5.97 Å². The van der Waals surface area contributed by atoms with Crippen LogP contribution < -0.4 is 0 Å². The van der Waals surface area contributed by atoms with E-state index in [0.29, 0.717) is 0 Å². The molecule has 14 heavy (non-hydrogen) atoms. The highest BCUT2D eigenvalue weighted by Crippen LogP contribution is 2.36. The Morgan fingerprint density at radius 2 is 2.21 bits per heavy atom. The average molecular weight is 198 g/mol. The van der Waals surface area contributed by atoms with E-state index in [2.05, 4.69) is 16.7 Å². The van der Waals surface area contributed by atoms with Gasteiger partial charge in [-0.15, -0.1) is 0 Å². The number of likely N-dealkylation sites (tertiary alicyclic amines) is 2. The van der Waals surface area contributed by atoms with Crippen LogP contribution in [0.3, 0.4) is 0 Å². The zero-order valence-corrected chi connectivity index (χ0v) is 8.70. The van der Waals surface area contributed by atoms with Gasteiger partial charge in [-0.3, -0.25) is 14.6 Å². The van der Waals surface area contributed by atoms with Crippen LogP contribution in [-0.4, -0.2) is 59.1 Å². The Labute approximate surface area is 84.5 Å². The smallest absolute Gasteiger partial charge is 0.317 e. The fourth-order valence-electron chi connectivity index (χ4n) is 2.77. The Kier molecular flexibility index (Phi) is 2.49. The highest BCUT2D eigenvalue weighted by molar-refractivity contribution is 5.69. The summed E-state index contributed by atoms with van der Waals surface area (Å²) in [6, 6.07) is 0. The van der Waals surface area contributed by atoms with E-state index in [-0.39, 0.29) is 12.1 Å². The zero-order chi connectivity index (χ0) is 10.2. The van der Waals surface area contributed by atoms with Gasteiger partial charge in [0.2, 0.25) is 0 Å². The Hall–Kier alpha value is -0.610. The Balaban J connectivity index is 1.95. The maximum Gasteiger partial charge on any atom is 0.317 e. The SMILES string of the molecule is CCN1CC2(CCCN2CC(=O)O)C1. The molecule has 4 nitrogen and oxygen atoms in total. The lowest BCUT2D eigenvalue weighted by atomic mass is 9.87. The van der Waals surface area contributed by atoms with Gasteiger partial charge in [-0.25, -0.2) is 0 Å². The van der Waals surface area contributed by atoms with Crippen molar-refractivity contribution in [3.05, 3.63) is 0 Å². The van der Waals surface area contributed by atoms with Crippen LogP contribution in [0.25, 0.3) is 0 Å². The topological polar surface area (TPSA) is 43.8 Å². The van der Waals surface area contributed by atoms with Crippen molar-refractivity contribution in [1.82, 2.24) is 9.80 Å². The zero-order valence-electron chi connectivity index (χ0n) is 8.70. The van der Waals surface area contributed by atoms with E-state index in [0.717, 1.165) is 32.6 Å². The van der Waals surface area contributed by atoms with Gasteiger partial charge >= 0.3 is 5.97 Å². The molecule has 0 aliphatic carbocycles. The molecule has 0 unspecified atom stereocenters. The van der Waals surface area contributed by atoms with E-state index in [4.69, 9.17) is 5.11 Å². The molecule has 2 aliphatic heterocycles. The lowest BCUT2D eigenvalue weighted by Crippen LogP contribution is -2.68. The quantitative estimate of drug-likeness (QED) is 0.705. The first kappa shape index (κ1) is 9.93. The molecular weight excluding hydrogens is 180 g/mol. The summed E-state index contributed by atoms with van der Waals surface area (Å²) in [5, 5.41) is 8.79. The Morgan fingerprint density at radius 1 is 1.50 bits per heavy atom. The molecule has 2 rings (SSSR count). The van der Waals surface area contributed by atoms with Gasteiger partial charge in [0.15, 0.2) is 0 Å². The van der Waals surface area contributed by atoms with Gasteiger partial charge in [-0.1, -0.05) is 6.92 Å². The van der Waals surface area contributed by atoms with Crippen LogP contribution in [0, 0.1) is 0 Å². The molecule has 1 spiro atoms. The van der Waals surface area contributed by atoms with Crippen molar-refractivity contribution in [2.24, 2.45) is 0 Å². The highest BCUT2D eigenvalue weighted by atomic mass is 16.4. The number of nitrogens with zero attached hydrogens (tertiary/aromatic N) is 2. The molecule has 80 valence electrons. The average Bonchev–Trinajstić information content (AvgIpc) is 2.44. The molecule has 0 aromatic rings. The number of carboxylic acids is 1. The number of likely N-dealkylation sites (N-methyl/N-ethyl adjacent to an activating group) is 1. The van der Waals surface area contributed by atoms with Crippen LogP contribution in [0.4, 0.5) is 0 Å². The fourth-order valence-corrected chi connectivity index (χ4v) is 2.77. The predicted molar refractivity (Wildman–Crippen MR) is 53.3 cm³/mol. The summed E-state index contributed by atoms with van der Waals surface area (Å²) < 4.78 is 0. The Bertz CT molecular complexity index is 236. The van der Waals surface area contributed by atoms with Gasteiger partial charge in [0.05, 0.1) is 6.54 Å². The third-order valence-corrected chi connectivity index (χ3v) is 3.55. The first-order valence-corrected chi connectivity index (χ1v) is 5.35. The van der Waals surface area contributed by atoms with Gasteiger partial charge < -0.3 is 5.11 Å². The molecule has 2 heterocycles. The van der Waals surface area contributed by atoms with E-state index in [1.165, 1.54) is 6.42 Å². The molecule has 2 aliphatic rings. The minimum atomic E-state index is -0.693. The van der Waals surface area contributed by atoms with E-state index in [1.54, 1.807) is 0 Å². The number of aliphatic carboxylic acids is 1. The lowest BCUT2D eigenvalue weighted by molar-refractivity contribution is -0.141. The molecule has 1 N–H and O–H groups in total. The largest absolute Gasteiger partial charge is 0.480 e. The van der Waals surface area contributed by atoms with Gasteiger partial charge in [0, 0.05) is 18.6 Å². The molecule has 0 saturated carbocycles. The van der Waals surface area contributed by atoms with Crippen LogP contribution >= 0.6 is 0 Å². The van der Waals surface area contributed by atoms with Gasteiger partial charge in [-0.2, -0.15) is 0 Å². The van der Waals surface area contributed by atoms with E-state index in [9.17, 15) is 4.79 Å². The summed E-state index contributed by atoms with van der Waals surface area (Å²) in [7, 11) is 0. The first-order chi connectivity index (χ1) is 6.66. The summed E-state index contributed by atoms with van der Waals surface area (Å²) in [5.74, 6) is -0.693. The fraction of sp³-hybridized carbons (Fsp3) is 0.900. The predicted octanol–water partition coefficient (Wildman–Crippen LogP) is 0.241. The minimum absolute atomic E-state index is 0.217. The third-order valence-electron chi connectivity index (χ3n) is 3.55. The number of hydrogen-bond acceptors (Lipinski definition) is 3. The molecule has 0 radical (unpaired) electrons. The first-order valence-electron chi connectivity index (χ1n) is 5.35. The maximum atomic E-state index is 10.7. The van der Waals surface area contributed by atoms with Gasteiger partial charge in [-0.05, 0) is 25.9 Å². The van der Waals surface area contributed by atoms with Crippen molar-refractivity contribution in [1.29, 1.82) is 0 Å². The molecule has 0 atom stereocenters. The molecule has 0 amide bonds. The summed E-state index contributed by atoms with van der Waals surface area (Å²) in [6.07, 6.45) is 2.33. The van der Waals surface area contributed by atoms with Crippen molar-refractivity contribution in [2.75, 3.05) is 32.7 Å². The van der Waals surface area contributed by atoms with Crippen LogP contribution in [-0.2, 0) is 4.79 Å². The standard InChI is InChI=1S/C10H18N2O2/c1-2-11-7-10(8-11)4-3-5-12(10)6-9(13)14/h2-8H2,1H3,(H,13,14). The number of carboxylic acid groups (broad SMARTS) is 1. The van der Waals surface area contributed by atoms with Crippen molar-refractivity contribution < 1.29 is 9.90 Å². The van der Waals surface area contributed by atoms with E-state index < -0.39 is 5.97 Å². The number of rotatable bonds is 3. The third kappa shape index (κ3) is 1.53. The molecule has 0 aromatic heterocycles. The summed E-state index contributed by atoms with van der Waals surface area (Å²) in [4.78, 5) is 15.2. The normalized spacial score (nSPS) is 26.6. The Morgan fingerprint density at radius 3 is 2.79 bits per heavy atom.